The first-order valence-electron chi connectivity index (χ1n) is 6.14. The summed E-state index contributed by atoms with van der Waals surface area (Å²) in [5, 5.41) is 2.99. The Labute approximate surface area is 100 Å². The van der Waals surface area contributed by atoms with Gasteiger partial charge in [-0.2, -0.15) is 0 Å². The van der Waals surface area contributed by atoms with Crippen LogP contribution in [-0.4, -0.2) is 50.1 Å². The van der Waals surface area contributed by atoms with E-state index in [1.165, 1.54) is 19.3 Å². The maximum atomic E-state index is 11.7. The fourth-order valence-corrected chi connectivity index (χ4v) is 2.04. The summed E-state index contributed by atoms with van der Waals surface area (Å²) in [7, 11) is 0. The molecule has 1 aliphatic heterocycles. The molecule has 1 N–H and O–H groups in total. The van der Waals surface area contributed by atoms with Crippen LogP contribution in [0.2, 0.25) is 0 Å². The summed E-state index contributed by atoms with van der Waals surface area (Å²) in [6.45, 7) is 4.92. The molecule has 1 saturated heterocycles. The monoisotopic (exact) mass is 254 g/mol. The molecule has 0 aliphatic carbocycles. The maximum absolute atomic E-state index is 11.7. The summed E-state index contributed by atoms with van der Waals surface area (Å²) in [5.41, 5.74) is 0. The van der Waals surface area contributed by atoms with Crippen LogP contribution in [0, 0.1) is 0 Å². The molecule has 0 aromatic rings. The summed E-state index contributed by atoms with van der Waals surface area (Å²) in [6.07, 6.45) is -0.778. The first kappa shape index (κ1) is 14.7. The lowest BCUT2D eigenvalue weighted by molar-refractivity contribution is -0.323. The van der Waals surface area contributed by atoms with Crippen molar-refractivity contribution in [3.63, 3.8) is 0 Å². The zero-order chi connectivity index (χ0) is 12.7. The van der Waals surface area contributed by atoms with Gasteiger partial charge in [0.1, 0.15) is 0 Å². The molecule has 3 nitrogen and oxygen atoms in total. The summed E-state index contributed by atoms with van der Waals surface area (Å²) in [5.74, 6) is 0. The first-order chi connectivity index (χ1) is 7.99. The molecule has 102 valence electrons. The number of halogens is 3. The molecule has 0 radical (unpaired) electrons. The molecule has 0 bridgehead atoms. The smallest absolute Gasteiger partial charge is 0.313 e. The van der Waals surface area contributed by atoms with Crippen LogP contribution in [0.25, 0.3) is 0 Å². The van der Waals surface area contributed by atoms with Crippen molar-refractivity contribution in [1.82, 2.24) is 10.2 Å². The minimum absolute atomic E-state index is 0.234. The van der Waals surface area contributed by atoms with Crippen molar-refractivity contribution in [2.24, 2.45) is 0 Å². The normalized spacial score (nSPS) is 20.5. The number of alkyl halides is 3. The predicted molar refractivity (Wildman–Crippen MR) is 59.8 cm³/mol. The first-order valence-corrected chi connectivity index (χ1v) is 6.14. The highest BCUT2D eigenvalue weighted by atomic mass is 19.4. The number of nitrogens with zero attached hydrogens (tertiary/aromatic N) is 1. The average molecular weight is 254 g/mol. The molecule has 0 saturated carbocycles. The second kappa shape index (κ2) is 7.18. The topological polar surface area (TPSA) is 24.5 Å². The summed E-state index contributed by atoms with van der Waals surface area (Å²) in [4.78, 5) is 2.38. The van der Waals surface area contributed by atoms with Gasteiger partial charge in [-0.1, -0.05) is 6.42 Å². The fourth-order valence-electron chi connectivity index (χ4n) is 2.04. The quantitative estimate of drug-likeness (QED) is 0.734. The molecule has 1 unspecified atom stereocenters. The number of piperidine rings is 1. The minimum Gasteiger partial charge on any atom is -0.313 e. The largest absolute Gasteiger partial charge is 0.522 e. The molecular weight excluding hydrogens is 233 g/mol. The number of rotatable bonds is 6. The van der Waals surface area contributed by atoms with E-state index < -0.39 is 6.36 Å². The van der Waals surface area contributed by atoms with Crippen LogP contribution >= 0.6 is 0 Å². The summed E-state index contributed by atoms with van der Waals surface area (Å²) < 4.78 is 38.7. The summed E-state index contributed by atoms with van der Waals surface area (Å²) in [6, 6.07) is 0.376. The van der Waals surface area contributed by atoms with Gasteiger partial charge in [-0.05, 0) is 32.9 Å². The Kier molecular flexibility index (Phi) is 6.22. The van der Waals surface area contributed by atoms with Crippen LogP contribution in [0.1, 0.15) is 26.2 Å². The average Bonchev–Trinajstić information content (AvgIpc) is 2.28. The highest BCUT2D eigenvalue weighted by Gasteiger charge is 2.28. The highest BCUT2D eigenvalue weighted by molar-refractivity contribution is 4.72. The summed E-state index contributed by atoms with van der Waals surface area (Å²) >= 11 is 0. The van der Waals surface area contributed by atoms with Crippen molar-refractivity contribution in [1.29, 1.82) is 0 Å². The van der Waals surface area contributed by atoms with Crippen LogP contribution < -0.4 is 5.32 Å². The van der Waals surface area contributed by atoms with E-state index >= 15 is 0 Å². The lowest BCUT2D eigenvalue weighted by Crippen LogP contribution is -2.43. The Balaban J connectivity index is 2.01. The van der Waals surface area contributed by atoms with E-state index in [2.05, 4.69) is 21.9 Å². The van der Waals surface area contributed by atoms with Crippen molar-refractivity contribution in [2.45, 2.75) is 38.6 Å². The molecule has 6 heteroatoms. The number of nitrogens with one attached hydrogen (secondary N) is 1. The molecule has 1 rings (SSSR count). The van der Waals surface area contributed by atoms with Crippen molar-refractivity contribution in [3.05, 3.63) is 0 Å². The van der Waals surface area contributed by atoms with Crippen LogP contribution in [-0.2, 0) is 4.74 Å². The fraction of sp³-hybridized carbons (Fsp3) is 1.00. The lowest BCUT2D eigenvalue weighted by Gasteiger charge is -2.32. The van der Waals surface area contributed by atoms with E-state index in [9.17, 15) is 13.2 Å². The van der Waals surface area contributed by atoms with Gasteiger partial charge >= 0.3 is 6.36 Å². The zero-order valence-electron chi connectivity index (χ0n) is 10.2. The third-order valence-electron chi connectivity index (χ3n) is 3.00. The van der Waals surface area contributed by atoms with E-state index in [-0.39, 0.29) is 13.2 Å². The van der Waals surface area contributed by atoms with E-state index in [0.29, 0.717) is 12.6 Å². The van der Waals surface area contributed by atoms with Crippen LogP contribution in [0.5, 0.6) is 0 Å². The van der Waals surface area contributed by atoms with Gasteiger partial charge in [0.2, 0.25) is 0 Å². The second-order valence-corrected chi connectivity index (χ2v) is 4.44. The lowest BCUT2D eigenvalue weighted by atomic mass is 10.1. The van der Waals surface area contributed by atoms with Gasteiger partial charge in [0, 0.05) is 19.1 Å². The van der Waals surface area contributed by atoms with Crippen molar-refractivity contribution in [2.75, 3.05) is 32.8 Å². The molecule has 1 fully saturated rings. The van der Waals surface area contributed by atoms with Gasteiger partial charge in [-0.15, -0.1) is 13.2 Å². The molecular formula is C11H21F3N2O. The van der Waals surface area contributed by atoms with Crippen LogP contribution in [0.15, 0.2) is 0 Å². The maximum Gasteiger partial charge on any atom is 0.522 e. The highest BCUT2D eigenvalue weighted by Crippen LogP contribution is 2.15. The Bertz CT molecular complexity index is 205. The second-order valence-electron chi connectivity index (χ2n) is 4.44. The zero-order valence-corrected chi connectivity index (χ0v) is 10.2. The molecule has 1 aliphatic rings. The Morgan fingerprint density at radius 2 is 1.88 bits per heavy atom. The van der Waals surface area contributed by atoms with Crippen molar-refractivity contribution in [3.8, 4) is 0 Å². The number of likely N-dealkylation sites (tertiary alicyclic amines) is 1. The number of ether oxygens (including phenoxy) is 1. The predicted octanol–water partition coefficient (Wildman–Crippen LogP) is 1.99. The standard InChI is InChI=1S/C11H21F3N2O/c1-10(16-6-3-2-4-7-16)9-15-5-8-17-11(12,13)14/h10,15H,2-9H2,1H3. The van der Waals surface area contributed by atoms with E-state index in [1.807, 2.05) is 0 Å². The molecule has 0 amide bonds. The number of hydrogen-bond acceptors (Lipinski definition) is 3. The van der Waals surface area contributed by atoms with Gasteiger partial charge in [0.25, 0.3) is 0 Å². The molecule has 0 aromatic heterocycles. The van der Waals surface area contributed by atoms with Crippen molar-refractivity contribution < 1.29 is 17.9 Å². The molecule has 17 heavy (non-hydrogen) atoms. The third kappa shape index (κ3) is 6.85. The van der Waals surface area contributed by atoms with Gasteiger partial charge in [-0.3, -0.25) is 9.64 Å². The molecule has 1 atom stereocenters. The van der Waals surface area contributed by atoms with E-state index in [1.54, 1.807) is 0 Å². The van der Waals surface area contributed by atoms with Gasteiger partial charge in [-0.25, -0.2) is 0 Å². The minimum atomic E-state index is -4.51. The van der Waals surface area contributed by atoms with E-state index in [0.717, 1.165) is 13.1 Å². The van der Waals surface area contributed by atoms with Gasteiger partial charge in [0.15, 0.2) is 0 Å². The van der Waals surface area contributed by atoms with Gasteiger partial charge in [0.05, 0.1) is 6.61 Å². The Morgan fingerprint density at radius 1 is 1.24 bits per heavy atom. The number of hydrogen-bond donors (Lipinski definition) is 1. The Hall–Kier alpha value is -0.330. The van der Waals surface area contributed by atoms with Crippen molar-refractivity contribution >= 4 is 0 Å². The Morgan fingerprint density at radius 3 is 2.47 bits per heavy atom. The third-order valence-corrected chi connectivity index (χ3v) is 3.00. The van der Waals surface area contributed by atoms with Gasteiger partial charge < -0.3 is 5.32 Å². The van der Waals surface area contributed by atoms with Crippen LogP contribution in [0.4, 0.5) is 13.2 Å². The molecule has 0 spiro atoms. The molecule has 1 heterocycles. The van der Waals surface area contributed by atoms with E-state index in [4.69, 9.17) is 0 Å². The molecule has 0 aromatic carbocycles. The van der Waals surface area contributed by atoms with Crippen LogP contribution in [0.3, 0.4) is 0 Å². The SMILES string of the molecule is CC(CNCCOC(F)(F)F)N1CCCCC1.